The Balaban J connectivity index is 2.47. The van der Waals surface area contributed by atoms with E-state index >= 15 is 0 Å². The third-order valence-electron chi connectivity index (χ3n) is 3.50. The molecule has 2 rings (SSSR count). The van der Waals surface area contributed by atoms with Gasteiger partial charge in [-0.3, -0.25) is 4.85 Å². The first-order valence-electron chi connectivity index (χ1n) is 7.39. The molecule has 1 aliphatic heterocycles. The van der Waals surface area contributed by atoms with Crippen molar-refractivity contribution in [1.29, 1.82) is 0 Å². The molecule has 1 aromatic carbocycles. The predicted molar refractivity (Wildman–Crippen MR) is 86.6 cm³/mol. The maximum atomic E-state index is 7.17. The van der Waals surface area contributed by atoms with E-state index in [1.54, 1.807) is 0 Å². The van der Waals surface area contributed by atoms with Crippen molar-refractivity contribution in [3.05, 3.63) is 35.2 Å². The second-order valence-electron chi connectivity index (χ2n) is 6.06. The number of anilines is 1. The lowest BCUT2D eigenvalue weighted by Gasteiger charge is -2.28. The Hall–Kier alpha value is -2.13. The Kier molecular flexibility index (Phi) is 4.43. The molecule has 0 atom stereocenters. The zero-order valence-electron chi connectivity index (χ0n) is 13.2. The van der Waals surface area contributed by atoms with Gasteiger partial charge < -0.3 is 9.64 Å². The van der Waals surface area contributed by atoms with Gasteiger partial charge in [-0.05, 0) is 38.3 Å². The summed E-state index contributed by atoms with van der Waals surface area (Å²) in [5, 5.41) is 0. The molecule has 0 unspecified atom stereocenters. The third kappa shape index (κ3) is 3.50. The molecule has 110 valence electrons. The third-order valence-corrected chi connectivity index (χ3v) is 3.50. The molecule has 0 spiro atoms. The van der Waals surface area contributed by atoms with Gasteiger partial charge in [-0.25, -0.2) is 6.57 Å². The first kappa shape index (κ1) is 15.3. The van der Waals surface area contributed by atoms with Crippen LogP contribution >= 0.6 is 0 Å². The van der Waals surface area contributed by atoms with Gasteiger partial charge in [0.2, 0.25) is 0 Å². The summed E-state index contributed by atoms with van der Waals surface area (Å²) in [5.41, 5.74) is 1.32. The molecular weight excluding hydrogens is 260 g/mol. The van der Waals surface area contributed by atoms with Crippen LogP contribution in [0.1, 0.15) is 39.7 Å². The van der Waals surface area contributed by atoms with Crippen LogP contribution in [0.15, 0.2) is 18.2 Å². The topological polar surface area (TPSA) is 16.8 Å². The van der Waals surface area contributed by atoms with Crippen LogP contribution in [0.4, 0.5) is 5.69 Å². The van der Waals surface area contributed by atoms with Crippen LogP contribution in [0.25, 0.3) is 4.85 Å². The van der Waals surface area contributed by atoms with Crippen LogP contribution in [0.5, 0.6) is 5.75 Å². The fourth-order valence-electron chi connectivity index (χ4n) is 2.32. The largest absolute Gasteiger partial charge is 0.490 e. The zero-order chi connectivity index (χ0) is 15.5. The number of para-hydroxylation sites is 1. The van der Waals surface area contributed by atoms with Gasteiger partial charge in [-0.1, -0.05) is 12.0 Å². The van der Waals surface area contributed by atoms with Gasteiger partial charge in [0.1, 0.15) is 0 Å². The normalized spacial score (nSPS) is 14.4. The lowest BCUT2D eigenvalue weighted by atomic mass is 10.1. The summed E-state index contributed by atoms with van der Waals surface area (Å²) in [5.74, 6) is 7.03. The van der Waals surface area contributed by atoms with Gasteiger partial charge >= 0.3 is 0 Å². The average molecular weight is 282 g/mol. The van der Waals surface area contributed by atoms with E-state index in [1.165, 1.54) is 0 Å². The summed E-state index contributed by atoms with van der Waals surface area (Å²) < 4.78 is 5.94. The number of nitrogens with zero attached hydrogens (tertiary/aromatic N) is 2. The number of benzene rings is 1. The number of ether oxygens (including phenoxy) is 1. The Bertz CT molecular complexity index is 614. The standard InChI is InChI=1S/C18H22N2O/c1-14(2)20-12-7-13-21-17-15(8-6-9-16(17)20)10-11-18(3,4)19-5/h6,8-9,14H,7,12-13H2,1-4H3. The van der Waals surface area contributed by atoms with E-state index in [0.717, 1.165) is 30.0 Å². The van der Waals surface area contributed by atoms with E-state index in [2.05, 4.69) is 41.5 Å². The van der Waals surface area contributed by atoms with Gasteiger partial charge in [0.15, 0.2) is 5.75 Å². The highest BCUT2D eigenvalue weighted by Gasteiger charge is 2.22. The maximum absolute atomic E-state index is 7.17. The van der Waals surface area contributed by atoms with Crippen molar-refractivity contribution in [1.82, 2.24) is 0 Å². The van der Waals surface area contributed by atoms with Crippen LogP contribution < -0.4 is 9.64 Å². The number of hydrogen-bond donors (Lipinski definition) is 0. The molecule has 0 saturated heterocycles. The number of fused-ring (bicyclic) bond motifs is 1. The smallest absolute Gasteiger partial charge is 0.286 e. The first-order valence-corrected chi connectivity index (χ1v) is 7.39. The summed E-state index contributed by atoms with van der Waals surface area (Å²) in [7, 11) is 0. The Morgan fingerprint density at radius 3 is 2.81 bits per heavy atom. The summed E-state index contributed by atoms with van der Waals surface area (Å²) >= 11 is 0. The van der Waals surface area contributed by atoms with E-state index in [4.69, 9.17) is 11.3 Å². The fourth-order valence-corrected chi connectivity index (χ4v) is 2.32. The Labute approximate surface area is 127 Å². The lowest BCUT2D eigenvalue weighted by Crippen LogP contribution is -2.31. The zero-order valence-corrected chi connectivity index (χ0v) is 13.2. The molecule has 3 nitrogen and oxygen atoms in total. The van der Waals surface area contributed by atoms with Crippen LogP contribution in [-0.2, 0) is 0 Å². The molecule has 0 saturated carbocycles. The van der Waals surface area contributed by atoms with Gasteiger partial charge in [0.05, 0.1) is 17.9 Å². The van der Waals surface area contributed by atoms with Crippen LogP contribution in [0, 0.1) is 18.4 Å². The van der Waals surface area contributed by atoms with E-state index in [0.29, 0.717) is 12.6 Å². The highest BCUT2D eigenvalue weighted by Crippen LogP contribution is 2.35. The van der Waals surface area contributed by atoms with E-state index in [1.807, 2.05) is 26.0 Å². The van der Waals surface area contributed by atoms with E-state index < -0.39 is 5.54 Å². The van der Waals surface area contributed by atoms with Crippen molar-refractivity contribution in [2.24, 2.45) is 0 Å². The summed E-state index contributed by atoms with van der Waals surface area (Å²) in [6.07, 6.45) is 1.01. The Morgan fingerprint density at radius 1 is 1.38 bits per heavy atom. The van der Waals surface area contributed by atoms with Crippen LogP contribution in [0.2, 0.25) is 0 Å². The SMILES string of the molecule is [C-]#[N+]C(C)(C)C#Cc1cccc2c1OCCCN2C(C)C. The second-order valence-corrected chi connectivity index (χ2v) is 6.06. The van der Waals surface area contributed by atoms with Crippen molar-refractivity contribution < 1.29 is 4.74 Å². The van der Waals surface area contributed by atoms with Gasteiger partial charge in [0, 0.05) is 26.4 Å². The molecular formula is C18H22N2O. The van der Waals surface area contributed by atoms with Crippen molar-refractivity contribution in [3.8, 4) is 17.6 Å². The number of rotatable bonds is 1. The minimum atomic E-state index is -0.662. The number of hydrogen-bond acceptors (Lipinski definition) is 2. The van der Waals surface area contributed by atoms with Crippen LogP contribution in [-0.4, -0.2) is 24.7 Å². The lowest BCUT2D eigenvalue weighted by molar-refractivity contribution is 0.321. The summed E-state index contributed by atoms with van der Waals surface area (Å²) in [4.78, 5) is 5.89. The predicted octanol–water partition coefficient (Wildman–Crippen LogP) is 3.73. The molecule has 1 aliphatic rings. The highest BCUT2D eigenvalue weighted by molar-refractivity contribution is 5.66. The van der Waals surface area contributed by atoms with E-state index in [9.17, 15) is 0 Å². The molecule has 0 radical (unpaired) electrons. The minimum absolute atomic E-state index is 0.424. The molecule has 0 bridgehead atoms. The Morgan fingerprint density at radius 2 is 2.14 bits per heavy atom. The molecule has 0 N–H and O–H groups in total. The highest BCUT2D eigenvalue weighted by atomic mass is 16.5. The quantitative estimate of drug-likeness (QED) is 0.576. The van der Waals surface area contributed by atoms with Gasteiger partial charge in [0.25, 0.3) is 5.54 Å². The summed E-state index contributed by atoms with van der Waals surface area (Å²) in [6, 6.07) is 6.49. The van der Waals surface area contributed by atoms with Gasteiger partial charge in [-0.2, -0.15) is 0 Å². The first-order chi connectivity index (χ1) is 9.94. The van der Waals surface area contributed by atoms with E-state index in [-0.39, 0.29) is 0 Å². The van der Waals surface area contributed by atoms with Crippen molar-refractivity contribution in [3.63, 3.8) is 0 Å². The molecule has 3 heteroatoms. The molecule has 0 amide bonds. The van der Waals surface area contributed by atoms with Crippen LogP contribution in [0.3, 0.4) is 0 Å². The molecule has 21 heavy (non-hydrogen) atoms. The van der Waals surface area contributed by atoms with Gasteiger partial charge in [-0.15, -0.1) is 0 Å². The molecule has 0 aromatic heterocycles. The minimum Gasteiger partial charge on any atom is -0.490 e. The van der Waals surface area contributed by atoms with Crippen molar-refractivity contribution in [2.75, 3.05) is 18.1 Å². The second kappa shape index (κ2) is 6.10. The van der Waals surface area contributed by atoms with Crippen molar-refractivity contribution in [2.45, 2.75) is 45.7 Å². The summed E-state index contributed by atoms with van der Waals surface area (Å²) in [6.45, 7) is 16.9. The molecule has 1 heterocycles. The molecule has 1 aromatic rings. The fraction of sp³-hybridized carbons (Fsp3) is 0.500. The average Bonchev–Trinajstić information content (AvgIpc) is 2.67. The van der Waals surface area contributed by atoms with Crippen molar-refractivity contribution >= 4 is 5.69 Å². The molecule has 0 fully saturated rings. The monoisotopic (exact) mass is 282 g/mol. The molecule has 0 aliphatic carbocycles. The maximum Gasteiger partial charge on any atom is 0.286 e.